The maximum atomic E-state index is 12.9. The molecule has 166 valence electrons. The minimum Gasteiger partial charge on any atom is -0.462 e. The standard InChI is InChI=1S/C21H26N2O7P/c1-6-28-20(24)17-13(2)22-14(3)19(31(27)29-11-21(4,5)12-30-31)18(17)15-8-7-9-16(10-15)23(25)26/h7-10,27H,6,11-12H2,1-5H3/q+1. The molecule has 1 fully saturated rings. The van der Waals surface area contributed by atoms with Crippen LogP contribution in [0.15, 0.2) is 24.3 Å². The summed E-state index contributed by atoms with van der Waals surface area (Å²) < 4.78 is 16.9. The van der Waals surface area contributed by atoms with Crippen LogP contribution in [0, 0.1) is 29.4 Å². The van der Waals surface area contributed by atoms with Crippen LogP contribution in [0.25, 0.3) is 11.1 Å². The van der Waals surface area contributed by atoms with Crippen molar-refractivity contribution in [3.8, 4) is 11.1 Å². The van der Waals surface area contributed by atoms with Crippen LogP contribution in [0.5, 0.6) is 0 Å². The van der Waals surface area contributed by atoms with Crippen molar-refractivity contribution >= 4 is 24.9 Å². The van der Waals surface area contributed by atoms with Gasteiger partial charge in [-0.05, 0) is 26.3 Å². The van der Waals surface area contributed by atoms with Crippen molar-refractivity contribution in [2.45, 2.75) is 34.6 Å². The molecule has 1 saturated heterocycles. The van der Waals surface area contributed by atoms with Crippen molar-refractivity contribution in [2.24, 2.45) is 5.41 Å². The predicted octanol–water partition coefficient (Wildman–Crippen LogP) is 3.90. The van der Waals surface area contributed by atoms with Gasteiger partial charge in [0.05, 0.1) is 34.0 Å². The summed E-state index contributed by atoms with van der Waals surface area (Å²) in [4.78, 5) is 39.6. The molecule has 3 rings (SSSR count). The second kappa shape index (κ2) is 8.59. The van der Waals surface area contributed by atoms with E-state index < -0.39 is 18.8 Å². The number of esters is 1. The van der Waals surface area contributed by atoms with Crippen molar-refractivity contribution in [3.05, 3.63) is 51.3 Å². The van der Waals surface area contributed by atoms with Gasteiger partial charge in [-0.15, -0.1) is 0 Å². The van der Waals surface area contributed by atoms with Gasteiger partial charge in [-0.1, -0.05) is 26.0 Å². The number of ether oxygens (including phenoxy) is 1. The molecule has 0 bridgehead atoms. The Hall–Kier alpha value is -2.45. The molecule has 2 aromatic rings. The average Bonchev–Trinajstić information content (AvgIpc) is 2.70. The molecule has 1 aromatic heterocycles. The summed E-state index contributed by atoms with van der Waals surface area (Å²) in [5, 5.41) is 11.6. The molecular weight excluding hydrogens is 423 g/mol. The lowest BCUT2D eigenvalue weighted by Gasteiger charge is -2.32. The number of hydrogen-bond acceptors (Lipinski definition) is 8. The fraction of sp³-hybridized carbons (Fsp3) is 0.429. The summed E-state index contributed by atoms with van der Waals surface area (Å²) in [5.41, 5.74) is 1.12. The highest BCUT2D eigenvalue weighted by molar-refractivity contribution is 7.69. The molecular formula is C21H26N2O7P+. The van der Waals surface area contributed by atoms with E-state index in [1.165, 1.54) is 18.2 Å². The first kappa shape index (κ1) is 23.2. The fourth-order valence-electron chi connectivity index (χ4n) is 3.43. The van der Waals surface area contributed by atoms with Gasteiger partial charge in [0.2, 0.25) is 5.30 Å². The van der Waals surface area contributed by atoms with Gasteiger partial charge in [-0.3, -0.25) is 15.1 Å². The van der Waals surface area contributed by atoms with Crippen molar-refractivity contribution in [2.75, 3.05) is 19.8 Å². The Kier molecular flexibility index (Phi) is 6.43. The molecule has 0 radical (unpaired) electrons. The number of rotatable bonds is 5. The number of carbonyl (C=O) groups is 1. The van der Waals surface area contributed by atoms with E-state index in [1.54, 1.807) is 26.8 Å². The van der Waals surface area contributed by atoms with E-state index in [0.717, 1.165) is 0 Å². The number of hydrogen-bond donors (Lipinski definition) is 1. The minimum atomic E-state index is -3.62. The zero-order valence-electron chi connectivity index (χ0n) is 18.2. The summed E-state index contributed by atoms with van der Waals surface area (Å²) in [6, 6.07) is 5.85. The molecule has 0 spiro atoms. The van der Waals surface area contributed by atoms with Crippen LogP contribution in [-0.2, 0) is 13.8 Å². The number of nitrogens with zero attached hydrogens (tertiary/aromatic N) is 2. The number of non-ortho nitro benzene ring substituents is 1. The third-order valence-electron chi connectivity index (χ3n) is 4.90. The monoisotopic (exact) mass is 449 g/mol. The average molecular weight is 449 g/mol. The highest BCUT2D eigenvalue weighted by Gasteiger charge is 2.55. The second-order valence-electron chi connectivity index (χ2n) is 8.14. The van der Waals surface area contributed by atoms with Crippen LogP contribution in [-0.4, -0.2) is 40.6 Å². The first-order chi connectivity index (χ1) is 14.5. The predicted molar refractivity (Wildman–Crippen MR) is 116 cm³/mol. The third-order valence-corrected chi connectivity index (χ3v) is 6.97. The zero-order valence-corrected chi connectivity index (χ0v) is 19.1. The lowest BCUT2D eigenvalue weighted by atomic mass is 9.97. The van der Waals surface area contributed by atoms with Gasteiger partial charge in [0, 0.05) is 17.5 Å². The Balaban J connectivity index is 2.33. The van der Waals surface area contributed by atoms with Gasteiger partial charge in [-0.2, -0.15) is 13.9 Å². The van der Waals surface area contributed by atoms with Gasteiger partial charge in [0.15, 0.2) is 0 Å². The summed E-state index contributed by atoms with van der Waals surface area (Å²) >= 11 is 0. The highest BCUT2D eigenvalue weighted by Crippen LogP contribution is 2.62. The van der Waals surface area contributed by atoms with Gasteiger partial charge in [0.1, 0.15) is 13.2 Å². The van der Waals surface area contributed by atoms with E-state index >= 15 is 0 Å². The number of pyridine rings is 1. The molecule has 0 saturated carbocycles. The van der Waals surface area contributed by atoms with E-state index in [1.807, 2.05) is 13.8 Å². The van der Waals surface area contributed by atoms with Gasteiger partial charge < -0.3 is 4.74 Å². The van der Waals surface area contributed by atoms with Crippen LogP contribution in [0.3, 0.4) is 0 Å². The van der Waals surface area contributed by atoms with Gasteiger partial charge in [-0.25, -0.2) is 4.79 Å². The van der Waals surface area contributed by atoms with E-state index in [2.05, 4.69) is 4.98 Å². The molecule has 9 nitrogen and oxygen atoms in total. The zero-order chi connectivity index (χ0) is 23.0. The number of benzene rings is 1. The van der Waals surface area contributed by atoms with Crippen molar-refractivity contribution in [1.82, 2.24) is 4.98 Å². The van der Waals surface area contributed by atoms with E-state index in [9.17, 15) is 19.8 Å². The number of carbonyl (C=O) groups excluding carboxylic acids is 1. The summed E-state index contributed by atoms with van der Waals surface area (Å²) in [6.45, 7) is 9.53. The maximum Gasteiger partial charge on any atom is 0.448 e. The van der Waals surface area contributed by atoms with Crippen LogP contribution >= 0.6 is 7.94 Å². The molecule has 0 atom stereocenters. The summed E-state index contributed by atoms with van der Waals surface area (Å²) in [6.07, 6.45) is 0. The molecule has 0 amide bonds. The second-order valence-corrected chi connectivity index (χ2v) is 10.1. The maximum absolute atomic E-state index is 12.9. The van der Waals surface area contributed by atoms with Crippen LogP contribution < -0.4 is 5.30 Å². The Bertz CT molecular complexity index is 1030. The molecule has 2 heterocycles. The Morgan fingerprint density at radius 2 is 1.94 bits per heavy atom. The minimum absolute atomic E-state index is 0.119. The molecule has 1 aliphatic heterocycles. The SMILES string of the molecule is CCOC(=O)c1c(C)nc(C)c([P+]2(O)OCC(C)(C)CO2)c1-c1cccc([N+](=O)[O-])c1. The largest absolute Gasteiger partial charge is 0.462 e. The molecule has 1 N–H and O–H groups in total. The fourth-order valence-corrected chi connectivity index (χ4v) is 5.79. The molecule has 0 aliphatic carbocycles. The summed E-state index contributed by atoms with van der Waals surface area (Å²) in [5.74, 6) is -0.640. The van der Waals surface area contributed by atoms with Crippen LogP contribution in [0.1, 0.15) is 42.5 Å². The molecule has 0 unspecified atom stereocenters. The quantitative estimate of drug-likeness (QED) is 0.316. The Morgan fingerprint density at radius 1 is 1.29 bits per heavy atom. The summed E-state index contributed by atoms with van der Waals surface area (Å²) in [7, 11) is -3.62. The lowest BCUT2D eigenvalue weighted by molar-refractivity contribution is -0.384. The van der Waals surface area contributed by atoms with Crippen molar-refractivity contribution < 1.29 is 28.4 Å². The van der Waals surface area contributed by atoms with Crippen molar-refractivity contribution in [1.29, 1.82) is 0 Å². The number of aryl methyl sites for hydroxylation is 2. The lowest BCUT2D eigenvalue weighted by Crippen LogP contribution is -2.36. The first-order valence-corrected chi connectivity index (χ1v) is 11.4. The number of nitro benzene ring substituents is 1. The van der Waals surface area contributed by atoms with E-state index in [4.69, 9.17) is 13.8 Å². The van der Waals surface area contributed by atoms with Crippen LogP contribution in [0.4, 0.5) is 5.69 Å². The van der Waals surface area contributed by atoms with Crippen LogP contribution in [0.2, 0.25) is 0 Å². The van der Waals surface area contributed by atoms with Gasteiger partial charge in [0.25, 0.3) is 5.69 Å². The van der Waals surface area contributed by atoms with Crippen molar-refractivity contribution in [3.63, 3.8) is 0 Å². The number of nitro groups is 1. The Morgan fingerprint density at radius 3 is 2.52 bits per heavy atom. The third kappa shape index (κ3) is 4.60. The van der Waals surface area contributed by atoms with E-state index in [-0.39, 0.29) is 47.4 Å². The number of aromatic nitrogens is 1. The molecule has 31 heavy (non-hydrogen) atoms. The normalized spacial score (nSPS) is 17.2. The topological polar surface area (TPSA) is 121 Å². The Labute approximate surface area is 181 Å². The smallest absolute Gasteiger partial charge is 0.448 e. The molecule has 1 aliphatic rings. The van der Waals surface area contributed by atoms with E-state index in [0.29, 0.717) is 17.0 Å². The molecule has 1 aromatic carbocycles. The first-order valence-electron chi connectivity index (χ1n) is 9.83. The highest BCUT2D eigenvalue weighted by atomic mass is 31.2. The molecule has 10 heteroatoms. The van der Waals surface area contributed by atoms with Gasteiger partial charge >= 0.3 is 13.9 Å².